The van der Waals surface area contributed by atoms with Gasteiger partial charge in [-0.15, -0.1) is 0 Å². The Morgan fingerprint density at radius 3 is 2.71 bits per heavy atom. The van der Waals surface area contributed by atoms with Crippen molar-refractivity contribution in [2.45, 2.75) is 6.10 Å². The maximum Gasteiger partial charge on any atom is 0.147 e. The first-order valence-corrected chi connectivity index (χ1v) is 6.26. The van der Waals surface area contributed by atoms with E-state index in [2.05, 4.69) is 41.8 Å². The quantitative estimate of drug-likeness (QED) is 0.893. The maximum absolute atomic E-state index is 13.5. The van der Waals surface area contributed by atoms with Gasteiger partial charge in [0.2, 0.25) is 0 Å². The average Bonchev–Trinajstić information content (AvgIpc) is 2.29. The van der Waals surface area contributed by atoms with Crippen molar-refractivity contribution in [3.8, 4) is 0 Å². The number of halogens is 3. The number of aliphatic hydroxyl groups is 1. The topological polar surface area (TPSA) is 46.0 Å². The van der Waals surface area contributed by atoms with Crippen LogP contribution in [-0.2, 0) is 0 Å². The largest absolute Gasteiger partial charge is 0.382 e. The van der Waals surface area contributed by atoms with Gasteiger partial charge in [0, 0.05) is 26.9 Å². The number of nitrogens with zero attached hydrogens (tertiary/aromatic N) is 2. The molecule has 0 aliphatic heterocycles. The predicted molar refractivity (Wildman–Crippen MR) is 67.9 cm³/mol. The molecule has 3 nitrogen and oxygen atoms in total. The van der Waals surface area contributed by atoms with Gasteiger partial charge in [0.05, 0.1) is 11.9 Å². The molecule has 0 radical (unpaired) electrons. The second kappa shape index (κ2) is 5.20. The van der Waals surface area contributed by atoms with Gasteiger partial charge in [-0.3, -0.25) is 9.97 Å². The smallest absolute Gasteiger partial charge is 0.147 e. The van der Waals surface area contributed by atoms with Crippen molar-refractivity contribution in [2.75, 3.05) is 0 Å². The van der Waals surface area contributed by atoms with E-state index < -0.39 is 11.9 Å². The Morgan fingerprint density at radius 2 is 2.06 bits per heavy atom. The van der Waals surface area contributed by atoms with E-state index in [0.29, 0.717) is 10.2 Å². The Morgan fingerprint density at radius 1 is 1.29 bits per heavy atom. The van der Waals surface area contributed by atoms with E-state index in [1.54, 1.807) is 12.3 Å². The molecule has 0 aromatic carbocycles. The summed E-state index contributed by atoms with van der Waals surface area (Å²) < 4.78 is 14.8. The van der Waals surface area contributed by atoms with Gasteiger partial charge in [-0.25, -0.2) is 4.39 Å². The monoisotopic (exact) mass is 360 g/mol. The van der Waals surface area contributed by atoms with Crippen LogP contribution in [0.2, 0.25) is 0 Å². The summed E-state index contributed by atoms with van der Waals surface area (Å²) in [5.74, 6) is -0.559. The molecule has 1 unspecified atom stereocenters. The molecule has 2 aromatic heterocycles. The van der Waals surface area contributed by atoms with Crippen LogP contribution in [0.15, 0.2) is 39.7 Å². The van der Waals surface area contributed by atoms with Crippen LogP contribution in [0.1, 0.15) is 17.4 Å². The van der Waals surface area contributed by atoms with E-state index in [0.717, 1.165) is 10.7 Å². The summed E-state index contributed by atoms with van der Waals surface area (Å²) in [6.07, 6.45) is 2.91. The maximum atomic E-state index is 13.5. The van der Waals surface area contributed by atoms with E-state index >= 15 is 0 Å². The zero-order chi connectivity index (χ0) is 12.4. The average molecular weight is 362 g/mol. The van der Waals surface area contributed by atoms with Gasteiger partial charge in [0.25, 0.3) is 0 Å². The number of rotatable bonds is 2. The molecule has 2 heterocycles. The van der Waals surface area contributed by atoms with E-state index in [-0.39, 0.29) is 5.56 Å². The first kappa shape index (κ1) is 12.6. The summed E-state index contributed by atoms with van der Waals surface area (Å²) >= 11 is 6.54. The fourth-order valence-corrected chi connectivity index (χ4v) is 2.59. The van der Waals surface area contributed by atoms with Crippen LogP contribution in [0.4, 0.5) is 4.39 Å². The highest BCUT2D eigenvalue weighted by Gasteiger charge is 2.18. The molecule has 0 spiro atoms. The fourth-order valence-electron chi connectivity index (χ4n) is 1.38. The summed E-state index contributed by atoms with van der Waals surface area (Å²) in [6, 6.07) is 3.17. The van der Waals surface area contributed by atoms with Gasteiger partial charge in [0.1, 0.15) is 11.9 Å². The minimum Gasteiger partial charge on any atom is -0.382 e. The molecule has 17 heavy (non-hydrogen) atoms. The van der Waals surface area contributed by atoms with Crippen molar-refractivity contribution >= 4 is 31.9 Å². The second-order valence-corrected chi connectivity index (χ2v) is 5.09. The molecule has 1 N–H and O–H groups in total. The number of pyridine rings is 2. The molecule has 2 aromatic rings. The summed E-state index contributed by atoms with van der Waals surface area (Å²) in [6.45, 7) is 0. The molecule has 0 aliphatic rings. The fraction of sp³-hybridized carbons (Fsp3) is 0.0909. The van der Waals surface area contributed by atoms with Crippen molar-refractivity contribution < 1.29 is 9.50 Å². The van der Waals surface area contributed by atoms with E-state index in [1.165, 1.54) is 12.3 Å². The molecular formula is C11H7Br2FN2O. The summed E-state index contributed by atoms with van der Waals surface area (Å²) in [7, 11) is 0. The lowest BCUT2D eigenvalue weighted by Gasteiger charge is -2.12. The van der Waals surface area contributed by atoms with Crippen molar-refractivity contribution in [1.82, 2.24) is 9.97 Å². The molecule has 6 heteroatoms. The molecule has 0 saturated heterocycles. The Bertz CT molecular complexity index is 551. The highest BCUT2D eigenvalue weighted by molar-refractivity contribution is 9.11. The lowest BCUT2D eigenvalue weighted by Crippen LogP contribution is -2.06. The van der Waals surface area contributed by atoms with Gasteiger partial charge >= 0.3 is 0 Å². The normalized spacial score (nSPS) is 12.5. The number of aliphatic hydroxyl groups excluding tert-OH is 1. The van der Waals surface area contributed by atoms with Crippen LogP contribution in [0, 0.1) is 5.82 Å². The van der Waals surface area contributed by atoms with Gasteiger partial charge < -0.3 is 5.11 Å². The van der Waals surface area contributed by atoms with Gasteiger partial charge in [0.15, 0.2) is 0 Å². The van der Waals surface area contributed by atoms with Gasteiger partial charge in [-0.2, -0.15) is 0 Å². The SMILES string of the molecule is OC(c1ccncc1F)c1ncc(Br)cc1Br. The minimum absolute atomic E-state index is 0.149. The van der Waals surface area contributed by atoms with Crippen LogP contribution in [-0.4, -0.2) is 15.1 Å². The highest BCUT2D eigenvalue weighted by atomic mass is 79.9. The molecule has 0 fully saturated rings. The zero-order valence-corrected chi connectivity index (χ0v) is 11.6. The number of aromatic nitrogens is 2. The molecule has 0 bridgehead atoms. The van der Waals surface area contributed by atoms with Crippen molar-refractivity contribution in [3.05, 3.63) is 56.7 Å². The minimum atomic E-state index is -1.12. The van der Waals surface area contributed by atoms with Gasteiger partial charge in [-0.05, 0) is 44.0 Å². The summed E-state index contributed by atoms with van der Waals surface area (Å²) in [5.41, 5.74) is 0.508. The Kier molecular flexibility index (Phi) is 3.86. The van der Waals surface area contributed by atoms with Crippen LogP contribution >= 0.6 is 31.9 Å². The van der Waals surface area contributed by atoms with Crippen molar-refractivity contribution in [2.24, 2.45) is 0 Å². The molecular weight excluding hydrogens is 355 g/mol. The van der Waals surface area contributed by atoms with Crippen LogP contribution < -0.4 is 0 Å². The third-order valence-electron chi connectivity index (χ3n) is 2.19. The van der Waals surface area contributed by atoms with Crippen molar-refractivity contribution in [3.63, 3.8) is 0 Å². The van der Waals surface area contributed by atoms with E-state index in [4.69, 9.17) is 0 Å². The Labute approximate surface area is 114 Å². The van der Waals surface area contributed by atoms with Crippen LogP contribution in [0.5, 0.6) is 0 Å². The lowest BCUT2D eigenvalue weighted by molar-refractivity contribution is 0.209. The van der Waals surface area contributed by atoms with Gasteiger partial charge in [-0.1, -0.05) is 0 Å². The molecule has 0 aliphatic carbocycles. The highest BCUT2D eigenvalue weighted by Crippen LogP contribution is 2.29. The molecule has 0 saturated carbocycles. The molecule has 1 atom stereocenters. The standard InChI is InChI=1S/C11H7Br2FN2O/c12-6-3-8(13)10(16-4-6)11(17)7-1-2-15-5-9(7)14/h1-5,11,17H. The first-order valence-electron chi connectivity index (χ1n) is 4.68. The molecule has 2 rings (SSSR count). The van der Waals surface area contributed by atoms with E-state index in [1.807, 2.05) is 0 Å². The number of hydrogen-bond acceptors (Lipinski definition) is 3. The number of hydrogen-bond donors (Lipinski definition) is 1. The first-order chi connectivity index (χ1) is 8.09. The van der Waals surface area contributed by atoms with E-state index in [9.17, 15) is 9.50 Å². The predicted octanol–water partition coefficient (Wildman–Crippen LogP) is 3.22. The second-order valence-electron chi connectivity index (χ2n) is 3.32. The Balaban J connectivity index is 2.44. The summed E-state index contributed by atoms with van der Waals surface area (Å²) in [4.78, 5) is 7.70. The summed E-state index contributed by atoms with van der Waals surface area (Å²) in [5, 5.41) is 10.1. The Hall–Kier alpha value is -0.850. The zero-order valence-electron chi connectivity index (χ0n) is 8.44. The lowest BCUT2D eigenvalue weighted by atomic mass is 10.1. The van der Waals surface area contributed by atoms with Crippen molar-refractivity contribution in [1.29, 1.82) is 0 Å². The third kappa shape index (κ3) is 2.70. The van der Waals surface area contributed by atoms with Crippen LogP contribution in [0.25, 0.3) is 0 Å². The molecule has 88 valence electrons. The molecule has 0 amide bonds. The third-order valence-corrected chi connectivity index (χ3v) is 3.26. The van der Waals surface area contributed by atoms with Crippen LogP contribution in [0.3, 0.4) is 0 Å².